The number of fused-ring (bicyclic) bond motifs is 2. The summed E-state index contributed by atoms with van der Waals surface area (Å²) in [4.78, 5) is 32.0. The normalized spacial score (nSPS) is 25.0. The Labute approximate surface area is 133 Å². The van der Waals surface area contributed by atoms with Gasteiger partial charge in [0, 0.05) is 12.7 Å². The van der Waals surface area contributed by atoms with Crippen LogP contribution in [0.3, 0.4) is 0 Å². The number of amidine groups is 1. The highest BCUT2D eigenvalue weighted by molar-refractivity contribution is 6.21. The molecule has 1 aromatic carbocycles. The Hall–Kier alpha value is -2.73. The van der Waals surface area contributed by atoms with E-state index >= 15 is 0 Å². The fraction of sp³-hybridized carbons (Fsp3) is 0.235. The van der Waals surface area contributed by atoms with Gasteiger partial charge in [-0.15, -0.1) is 0 Å². The number of amides is 2. The van der Waals surface area contributed by atoms with Crippen LogP contribution in [0.1, 0.15) is 27.1 Å². The van der Waals surface area contributed by atoms with Crippen LogP contribution in [-0.2, 0) is 0 Å². The zero-order valence-electron chi connectivity index (χ0n) is 12.3. The maximum atomic E-state index is 12.3. The Balaban J connectivity index is 1.48. The Morgan fingerprint density at radius 3 is 2.43 bits per heavy atom. The number of hydrogen-bond donors (Lipinski definition) is 1. The molecule has 0 bridgehead atoms. The summed E-state index contributed by atoms with van der Waals surface area (Å²) in [5.74, 6) is 0.152. The first-order valence-corrected chi connectivity index (χ1v) is 7.51. The largest absolute Gasteiger partial charge is 0.371 e. The second-order valence-corrected chi connectivity index (χ2v) is 5.67. The summed E-state index contributed by atoms with van der Waals surface area (Å²) in [5.41, 5.74) is 0.887. The average molecular weight is 309 g/mol. The molecule has 2 unspecified atom stereocenters. The second kappa shape index (κ2) is 5.17. The number of aliphatic hydroxyl groups is 1. The van der Waals surface area contributed by atoms with Crippen molar-refractivity contribution in [1.82, 2.24) is 9.80 Å². The lowest BCUT2D eigenvalue weighted by atomic mass is 10.1. The summed E-state index contributed by atoms with van der Waals surface area (Å²) in [6.45, 7) is 0.242. The molecule has 3 aliphatic heterocycles. The maximum Gasteiger partial charge on any atom is 0.261 e. The topological polar surface area (TPSA) is 73.2 Å². The zero-order chi connectivity index (χ0) is 16.0. The van der Waals surface area contributed by atoms with Crippen molar-refractivity contribution < 1.29 is 14.7 Å². The molecular weight excluding hydrogens is 294 g/mol. The quantitative estimate of drug-likeness (QED) is 0.850. The summed E-state index contributed by atoms with van der Waals surface area (Å²) in [6, 6.07) is 6.46. The van der Waals surface area contributed by atoms with Gasteiger partial charge in [0.15, 0.2) is 6.23 Å². The number of benzene rings is 1. The first-order valence-electron chi connectivity index (χ1n) is 7.51. The molecule has 6 heteroatoms. The third-order valence-corrected chi connectivity index (χ3v) is 4.32. The Morgan fingerprint density at radius 2 is 1.78 bits per heavy atom. The van der Waals surface area contributed by atoms with Gasteiger partial charge in [0.05, 0.1) is 17.2 Å². The summed E-state index contributed by atoms with van der Waals surface area (Å²) in [7, 11) is 0. The fourth-order valence-electron chi connectivity index (χ4n) is 3.12. The van der Waals surface area contributed by atoms with E-state index in [-0.39, 0.29) is 24.4 Å². The van der Waals surface area contributed by atoms with Crippen LogP contribution in [0.4, 0.5) is 0 Å². The van der Waals surface area contributed by atoms with E-state index in [9.17, 15) is 14.7 Å². The molecule has 0 aromatic heterocycles. The second-order valence-electron chi connectivity index (χ2n) is 5.67. The molecule has 0 fully saturated rings. The highest BCUT2D eigenvalue weighted by Gasteiger charge is 2.38. The van der Waals surface area contributed by atoms with Crippen molar-refractivity contribution in [2.24, 2.45) is 4.99 Å². The van der Waals surface area contributed by atoms with E-state index in [0.29, 0.717) is 23.4 Å². The number of hydrogen-bond acceptors (Lipinski definition) is 5. The van der Waals surface area contributed by atoms with E-state index in [1.54, 1.807) is 35.4 Å². The molecule has 4 rings (SSSR count). The molecule has 3 heterocycles. The molecule has 2 amide bonds. The van der Waals surface area contributed by atoms with Crippen LogP contribution in [0.15, 0.2) is 53.7 Å². The third kappa shape index (κ3) is 2.10. The lowest BCUT2D eigenvalue weighted by Gasteiger charge is -2.23. The monoisotopic (exact) mass is 309 g/mol. The zero-order valence-corrected chi connectivity index (χ0v) is 12.3. The van der Waals surface area contributed by atoms with Crippen LogP contribution in [0, 0.1) is 0 Å². The standard InChI is InChI=1S/C17H15N3O3/c21-15-11-5-1-2-6-12(11)16(22)20(15)10-8-13-17(23)19-9-4-3-7-14(19)18-13/h1-7,9,13,17,23H,8,10H2. The Bertz CT molecular complexity index is 746. The number of carbonyl (C=O) groups excluding carboxylic acids is 2. The van der Waals surface area contributed by atoms with E-state index in [1.807, 2.05) is 18.2 Å². The molecule has 6 nitrogen and oxygen atoms in total. The molecule has 1 aromatic rings. The fourth-order valence-corrected chi connectivity index (χ4v) is 3.12. The lowest BCUT2D eigenvalue weighted by molar-refractivity contribution is 0.0561. The van der Waals surface area contributed by atoms with Crippen molar-refractivity contribution >= 4 is 17.6 Å². The van der Waals surface area contributed by atoms with E-state index < -0.39 is 6.23 Å². The predicted molar refractivity (Wildman–Crippen MR) is 83.8 cm³/mol. The smallest absolute Gasteiger partial charge is 0.261 e. The first kappa shape index (κ1) is 13.9. The van der Waals surface area contributed by atoms with Crippen LogP contribution >= 0.6 is 0 Å². The van der Waals surface area contributed by atoms with Crippen molar-refractivity contribution in [3.8, 4) is 0 Å². The molecule has 1 N–H and O–H groups in total. The van der Waals surface area contributed by atoms with Gasteiger partial charge in [0.2, 0.25) is 0 Å². The van der Waals surface area contributed by atoms with Crippen molar-refractivity contribution in [2.45, 2.75) is 18.7 Å². The highest BCUT2D eigenvalue weighted by Crippen LogP contribution is 2.25. The molecule has 0 radical (unpaired) electrons. The van der Waals surface area contributed by atoms with E-state index in [2.05, 4.69) is 4.99 Å². The van der Waals surface area contributed by atoms with E-state index in [1.165, 1.54) is 4.90 Å². The van der Waals surface area contributed by atoms with Crippen LogP contribution in [0.25, 0.3) is 0 Å². The predicted octanol–water partition coefficient (Wildman–Crippen LogP) is 1.16. The summed E-state index contributed by atoms with van der Waals surface area (Å²) < 4.78 is 0. The third-order valence-electron chi connectivity index (χ3n) is 4.32. The van der Waals surface area contributed by atoms with Crippen LogP contribution < -0.4 is 0 Å². The molecule has 0 saturated heterocycles. The van der Waals surface area contributed by atoms with Crippen molar-refractivity contribution in [3.05, 3.63) is 59.8 Å². The number of rotatable bonds is 3. The SMILES string of the molecule is O=C1c2ccccc2C(=O)N1CCC1N=C2C=CC=CN2C1O. The number of aliphatic hydroxyl groups excluding tert-OH is 1. The summed E-state index contributed by atoms with van der Waals surface area (Å²) in [6.07, 6.45) is 6.94. The van der Waals surface area contributed by atoms with Crippen LogP contribution in [0.2, 0.25) is 0 Å². The van der Waals surface area contributed by atoms with Crippen LogP contribution in [0.5, 0.6) is 0 Å². The molecule has 0 spiro atoms. The molecule has 0 saturated carbocycles. The number of allylic oxidation sites excluding steroid dienone is 2. The minimum atomic E-state index is -0.763. The Morgan fingerprint density at radius 1 is 1.09 bits per heavy atom. The van der Waals surface area contributed by atoms with Crippen molar-refractivity contribution in [2.75, 3.05) is 6.54 Å². The number of imide groups is 1. The Kier molecular flexibility index (Phi) is 3.12. The minimum Gasteiger partial charge on any atom is -0.371 e. The van der Waals surface area contributed by atoms with Gasteiger partial charge in [0.25, 0.3) is 11.8 Å². The molecular formula is C17H15N3O3. The molecule has 3 aliphatic rings. The molecule has 2 atom stereocenters. The van der Waals surface area contributed by atoms with Crippen LogP contribution in [-0.4, -0.2) is 51.4 Å². The summed E-state index contributed by atoms with van der Waals surface area (Å²) in [5, 5.41) is 10.3. The van der Waals surface area contributed by atoms with Crippen molar-refractivity contribution in [3.63, 3.8) is 0 Å². The van der Waals surface area contributed by atoms with Crippen molar-refractivity contribution in [1.29, 1.82) is 0 Å². The van der Waals surface area contributed by atoms with Gasteiger partial charge in [-0.25, -0.2) is 0 Å². The number of aliphatic imine (C=N–C) groups is 1. The van der Waals surface area contributed by atoms with Gasteiger partial charge in [0.1, 0.15) is 5.84 Å². The van der Waals surface area contributed by atoms with Gasteiger partial charge in [-0.3, -0.25) is 19.5 Å². The van der Waals surface area contributed by atoms with E-state index in [4.69, 9.17) is 0 Å². The lowest BCUT2D eigenvalue weighted by Crippen LogP contribution is -2.38. The minimum absolute atomic E-state index is 0.242. The number of nitrogens with zero attached hydrogens (tertiary/aromatic N) is 3. The maximum absolute atomic E-state index is 12.3. The van der Waals surface area contributed by atoms with Gasteiger partial charge in [-0.05, 0) is 30.7 Å². The molecule has 116 valence electrons. The molecule has 23 heavy (non-hydrogen) atoms. The van der Waals surface area contributed by atoms with Gasteiger partial charge >= 0.3 is 0 Å². The average Bonchev–Trinajstić information content (AvgIpc) is 3.02. The van der Waals surface area contributed by atoms with E-state index in [0.717, 1.165) is 0 Å². The van der Waals surface area contributed by atoms with Gasteiger partial charge in [-0.1, -0.05) is 18.2 Å². The van der Waals surface area contributed by atoms with Gasteiger partial charge in [-0.2, -0.15) is 0 Å². The van der Waals surface area contributed by atoms with Gasteiger partial charge < -0.3 is 10.0 Å². The number of carbonyl (C=O) groups is 2. The summed E-state index contributed by atoms with van der Waals surface area (Å²) >= 11 is 0. The first-order chi connectivity index (χ1) is 11.2. The molecule has 0 aliphatic carbocycles. The highest BCUT2D eigenvalue weighted by atomic mass is 16.3.